The molecule has 0 unspecified atom stereocenters. The molecule has 1 aromatic heterocycles. The summed E-state index contributed by atoms with van der Waals surface area (Å²) in [7, 11) is 0. The molecular weight excluding hydrogens is 162 g/mol. The summed E-state index contributed by atoms with van der Waals surface area (Å²) in [5.74, 6) is 0. The van der Waals surface area contributed by atoms with Crippen molar-refractivity contribution in [3.05, 3.63) is 18.0 Å². The molecule has 0 radical (unpaired) electrons. The Hall–Kier alpha value is -1.30. The number of nitriles is 1. The van der Waals surface area contributed by atoms with Crippen molar-refractivity contribution in [1.29, 1.82) is 5.26 Å². The molecule has 1 aromatic rings. The molecule has 0 aliphatic carbocycles. The van der Waals surface area contributed by atoms with E-state index in [1.165, 1.54) is 0 Å². The third-order valence-corrected chi connectivity index (χ3v) is 1.96. The van der Waals surface area contributed by atoms with Gasteiger partial charge in [-0.25, -0.2) is 0 Å². The van der Waals surface area contributed by atoms with Crippen LogP contribution in [0.1, 0.15) is 39.4 Å². The van der Waals surface area contributed by atoms with Crippen molar-refractivity contribution in [3.63, 3.8) is 0 Å². The fourth-order valence-electron chi connectivity index (χ4n) is 1.01. The molecule has 1 rings (SSSR count). The molecule has 0 aliphatic heterocycles. The lowest BCUT2D eigenvalue weighted by Gasteiger charge is -2.14. The number of hydrogen-bond donors (Lipinski definition) is 0. The van der Waals surface area contributed by atoms with Crippen molar-refractivity contribution < 1.29 is 0 Å². The predicted octanol–water partition coefficient (Wildman–Crippen LogP) is 2.27. The average molecular weight is 177 g/mol. The van der Waals surface area contributed by atoms with E-state index >= 15 is 0 Å². The summed E-state index contributed by atoms with van der Waals surface area (Å²) in [4.78, 5) is 0. The zero-order valence-electron chi connectivity index (χ0n) is 8.57. The maximum absolute atomic E-state index is 8.69. The summed E-state index contributed by atoms with van der Waals surface area (Å²) in [6.07, 6.45) is 1.86. The van der Waals surface area contributed by atoms with Crippen LogP contribution >= 0.6 is 0 Å². The van der Waals surface area contributed by atoms with Crippen LogP contribution < -0.4 is 0 Å². The first kappa shape index (κ1) is 9.79. The Morgan fingerprint density at radius 3 is 2.54 bits per heavy atom. The van der Waals surface area contributed by atoms with Gasteiger partial charge in [0.15, 0.2) is 0 Å². The van der Waals surface area contributed by atoms with E-state index in [2.05, 4.69) is 31.9 Å². The quantitative estimate of drug-likeness (QED) is 0.660. The van der Waals surface area contributed by atoms with E-state index in [9.17, 15) is 0 Å². The minimum Gasteiger partial charge on any atom is -0.255 e. The lowest BCUT2D eigenvalue weighted by Crippen LogP contribution is -2.13. The van der Waals surface area contributed by atoms with Gasteiger partial charge in [-0.2, -0.15) is 10.4 Å². The minimum absolute atomic E-state index is 0.0560. The van der Waals surface area contributed by atoms with Crippen molar-refractivity contribution >= 4 is 0 Å². The summed E-state index contributed by atoms with van der Waals surface area (Å²) in [5, 5.41) is 13.0. The highest BCUT2D eigenvalue weighted by atomic mass is 15.3. The van der Waals surface area contributed by atoms with Gasteiger partial charge in [-0.3, -0.25) is 4.68 Å². The maximum atomic E-state index is 8.69. The largest absolute Gasteiger partial charge is 0.255 e. The van der Waals surface area contributed by atoms with Crippen molar-refractivity contribution in [2.75, 3.05) is 0 Å². The zero-order valence-corrected chi connectivity index (χ0v) is 8.57. The van der Waals surface area contributed by atoms with Gasteiger partial charge in [0.05, 0.1) is 11.8 Å². The molecule has 0 N–H and O–H groups in total. The first-order valence-electron chi connectivity index (χ1n) is 4.40. The zero-order chi connectivity index (χ0) is 10.1. The van der Waals surface area contributed by atoms with E-state index in [1.54, 1.807) is 4.68 Å². The summed E-state index contributed by atoms with van der Waals surface area (Å²) < 4.78 is 1.70. The fraction of sp³-hybridized carbons (Fsp3) is 0.600. The fourth-order valence-corrected chi connectivity index (χ4v) is 1.01. The molecule has 0 spiro atoms. The Morgan fingerprint density at radius 1 is 1.54 bits per heavy atom. The van der Waals surface area contributed by atoms with Gasteiger partial charge in [0.2, 0.25) is 0 Å². The summed E-state index contributed by atoms with van der Waals surface area (Å²) in [6.45, 7) is 8.16. The Balaban J connectivity index is 2.95. The highest BCUT2D eigenvalue weighted by Crippen LogP contribution is 2.20. The molecule has 1 heterocycles. The first-order chi connectivity index (χ1) is 5.95. The van der Waals surface area contributed by atoms with Gasteiger partial charge in [-0.1, -0.05) is 20.8 Å². The molecule has 13 heavy (non-hydrogen) atoms. The second kappa shape index (κ2) is 3.21. The topological polar surface area (TPSA) is 41.6 Å². The standard InChI is InChI=1S/C10H15N3/c1-8(7-11)13-6-5-9(12-13)10(2,3)4/h5-6,8H,1-4H3/t8-/m1/s1. The Kier molecular flexibility index (Phi) is 2.42. The lowest BCUT2D eigenvalue weighted by molar-refractivity contribution is 0.523. The van der Waals surface area contributed by atoms with Gasteiger partial charge >= 0.3 is 0 Å². The van der Waals surface area contributed by atoms with Gasteiger partial charge in [0.25, 0.3) is 0 Å². The van der Waals surface area contributed by atoms with E-state index in [4.69, 9.17) is 5.26 Å². The second-order valence-electron chi connectivity index (χ2n) is 4.24. The summed E-state index contributed by atoms with van der Waals surface area (Å²) in [6, 6.07) is 3.93. The highest BCUT2D eigenvalue weighted by molar-refractivity contribution is 5.11. The molecule has 0 aromatic carbocycles. The SMILES string of the molecule is C[C@H](C#N)n1ccc(C(C)(C)C)n1. The van der Waals surface area contributed by atoms with Crippen molar-refractivity contribution in [3.8, 4) is 6.07 Å². The molecule has 0 bridgehead atoms. The van der Waals surface area contributed by atoms with Crippen LogP contribution in [0.3, 0.4) is 0 Å². The molecule has 0 saturated carbocycles. The molecule has 3 heteroatoms. The number of hydrogen-bond acceptors (Lipinski definition) is 2. The lowest BCUT2D eigenvalue weighted by atomic mass is 9.93. The Morgan fingerprint density at radius 2 is 2.15 bits per heavy atom. The van der Waals surface area contributed by atoms with Crippen LogP contribution in [0.25, 0.3) is 0 Å². The van der Waals surface area contributed by atoms with Crippen molar-refractivity contribution in [2.45, 2.75) is 39.2 Å². The molecule has 0 aliphatic rings. The number of nitrogens with zero attached hydrogens (tertiary/aromatic N) is 3. The van der Waals surface area contributed by atoms with Gasteiger partial charge in [-0.05, 0) is 13.0 Å². The number of rotatable bonds is 1. The van der Waals surface area contributed by atoms with Gasteiger partial charge in [-0.15, -0.1) is 0 Å². The number of aromatic nitrogens is 2. The third-order valence-electron chi connectivity index (χ3n) is 1.96. The molecule has 70 valence electrons. The highest BCUT2D eigenvalue weighted by Gasteiger charge is 2.17. The van der Waals surface area contributed by atoms with Crippen LogP contribution in [0.5, 0.6) is 0 Å². The Labute approximate surface area is 79.0 Å². The van der Waals surface area contributed by atoms with Crippen LogP contribution in [0.2, 0.25) is 0 Å². The Bertz CT molecular complexity index is 325. The summed E-state index contributed by atoms with van der Waals surface area (Å²) >= 11 is 0. The predicted molar refractivity (Wildman–Crippen MR) is 51.3 cm³/mol. The van der Waals surface area contributed by atoms with E-state index in [0.717, 1.165) is 5.69 Å². The first-order valence-corrected chi connectivity index (χ1v) is 4.40. The summed E-state index contributed by atoms with van der Waals surface area (Å²) in [5.41, 5.74) is 1.08. The van der Waals surface area contributed by atoms with Gasteiger partial charge < -0.3 is 0 Å². The van der Waals surface area contributed by atoms with E-state index in [-0.39, 0.29) is 11.5 Å². The molecule has 0 fully saturated rings. The van der Waals surface area contributed by atoms with Crippen LogP contribution in [0.15, 0.2) is 12.3 Å². The van der Waals surface area contributed by atoms with Crippen molar-refractivity contribution in [1.82, 2.24) is 9.78 Å². The molecule has 0 saturated heterocycles. The van der Waals surface area contributed by atoms with Crippen LogP contribution in [-0.4, -0.2) is 9.78 Å². The van der Waals surface area contributed by atoms with Crippen LogP contribution in [0, 0.1) is 11.3 Å². The van der Waals surface area contributed by atoms with E-state index in [1.807, 2.05) is 19.2 Å². The normalized spacial score (nSPS) is 13.8. The van der Waals surface area contributed by atoms with Crippen molar-refractivity contribution in [2.24, 2.45) is 0 Å². The molecular formula is C10H15N3. The average Bonchev–Trinajstić information content (AvgIpc) is 2.50. The monoisotopic (exact) mass is 177 g/mol. The van der Waals surface area contributed by atoms with Gasteiger partial charge in [0.1, 0.15) is 6.04 Å². The van der Waals surface area contributed by atoms with E-state index < -0.39 is 0 Å². The smallest absolute Gasteiger partial charge is 0.135 e. The molecule has 1 atom stereocenters. The molecule has 0 amide bonds. The van der Waals surface area contributed by atoms with Gasteiger partial charge in [0, 0.05) is 11.6 Å². The molecule has 3 nitrogen and oxygen atoms in total. The maximum Gasteiger partial charge on any atom is 0.135 e. The minimum atomic E-state index is -0.184. The third kappa shape index (κ3) is 2.09. The van der Waals surface area contributed by atoms with E-state index in [0.29, 0.717) is 0 Å². The van der Waals surface area contributed by atoms with Crippen LogP contribution in [0.4, 0.5) is 0 Å². The second-order valence-corrected chi connectivity index (χ2v) is 4.24. The van der Waals surface area contributed by atoms with Crippen LogP contribution in [-0.2, 0) is 5.41 Å².